The van der Waals surface area contributed by atoms with Crippen LogP contribution < -0.4 is 5.32 Å². The van der Waals surface area contributed by atoms with E-state index in [4.69, 9.17) is 5.11 Å². The summed E-state index contributed by atoms with van der Waals surface area (Å²) in [7, 11) is 0. The molecule has 17 heavy (non-hydrogen) atoms. The first kappa shape index (κ1) is 15.7. The van der Waals surface area contributed by atoms with Crippen LogP contribution in [0.25, 0.3) is 0 Å². The lowest BCUT2D eigenvalue weighted by atomic mass is 9.84. The number of amides is 1. The fourth-order valence-corrected chi connectivity index (χ4v) is 1.43. The van der Waals surface area contributed by atoms with E-state index in [-0.39, 0.29) is 17.7 Å². The minimum atomic E-state index is -0.770. The van der Waals surface area contributed by atoms with E-state index in [2.05, 4.69) is 11.9 Å². The second-order valence-corrected chi connectivity index (χ2v) is 4.99. The predicted molar refractivity (Wildman–Crippen MR) is 67.7 cm³/mol. The molecule has 0 saturated carbocycles. The minimum Gasteiger partial charge on any atom is -0.481 e. The van der Waals surface area contributed by atoms with E-state index in [0.29, 0.717) is 25.8 Å². The third kappa shape index (κ3) is 9.60. The van der Waals surface area contributed by atoms with Gasteiger partial charge in [0.1, 0.15) is 0 Å². The lowest BCUT2D eigenvalue weighted by Gasteiger charge is -2.23. The van der Waals surface area contributed by atoms with Crippen LogP contribution in [0.15, 0.2) is 12.7 Å². The van der Waals surface area contributed by atoms with Gasteiger partial charge in [0, 0.05) is 19.4 Å². The number of rotatable bonds is 9. The Labute approximate surface area is 103 Å². The number of carboxylic acids is 1. The van der Waals surface area contributed by atoms with Gasteiger partial charge in [-0.3, -0.25) is 9.59 Å². The number of allylic oxidation sites excluding steroid dienone is 1. The average molecular weight is 241 g/mol. The summed E-state index contributed by atoms with van der Waals surface area (Å²) in [4.78, 5) is 21.8. The van der Waals surface area contributed by atoms with Crippen molar-refractivity contribution >= 4 is 11.9 Å². The van der Waals surface area contributed by atoms with E-state index in [1.807, 2.05) is 13.8 Å². The molecule has 1 amide bonds. The molecule has 0 aliphatic rings. The fraction of sp³-hybridized carbons (Fsp3) is 0.692. The van der Waals surface area contributed by atoms with Gasteiger partial charge in [0.2, 0.25) is 5.91 Å². The van der Waals surface area contributed by atoms with Gasteiger partial charge in [-0.05, 0) is 24.7 Å². The topological polar surface area (TPSA) is 66.4 Å². The second-order valence-electron chi connectivity index (χ2n) is 4.99. The van der Waals surface area contributed by atoms with Gasteiger partial charge in [-0.15, -0.1) is 6.58 Å². The van der Waals surface area contributed by atoms with Crippen LogP contribution in [0.1, 0.15) is 46.0 Å². The van der Waals surface area contributed by atoms with Gasteiger partial charge in [-0.1, -0.05) is 19.9 Å². The van der Waals surface area contributed by atoms with Gasteiger partial charge in [0.25, 0.3) is 0 Å². The molecule has 0 aromatic rings. The molecular formula is C13H23NO3. The van der Waals surface area contributed by atoms with Crippen LogP contribution in [0.2, 0.25) is 0 Å². The zero-order chi connectivity index (χ0) is 13.3. The van der Waals surface area contributed by atoms with Crippen molar-refractivity contribution in [3.05, 3.63) is 12.7 Å². The highest BCUT2D eigenvalue weighted by Crippen LogP contribution is 2.25. The number of carbonyl (C=O) groups is 2. The van der Waals surface area contributed by atoms with Gasteiger partial charge >= 0.3 is 5.97 Å². The normalized spacial score (nSPS) is 10.9. The predicted octanol–water partition coefficient (Wildman–Crippen LogP) is 2.35. The Morgan fingerprint density at radius 1 is 1.29 bits per heavy atom. The monoisotopic (exact) mass is 241 g/mol. The van der Waals surface area contributed by atoms with Crippen molar-refractivity contribution in [2.24, 2.45) is 5.41 Å². The number of hydrogen-bond acceptors (Lipinski definition) is 2. The Kier molecular flexibility index (Phi) is 7.26. The maximum atomic E-state index is 11.3. The molecule has 4 nitrogen and oxygen atoms in total. The van der Waals surface area contributed by atoms with Crippen LogP contribution >= 0.6 is 0 Å². The molecule has 0 rings (SSSR count). The van der Waals surface area contributed by atoms with E-state index in [9.17, 15) is 9.59 Å². The van der Waals surface area contributed by atoms with Crippen LogP contribution in [0.3, 0.4) is 0 Å². The summed E-state index contributed by atoms with van der Waals surface area (Å²) >= 11 is 0. The van der Waals surface area contributed by atoms with Gasteiger partial charge < -0.3 is 10.4 Å². The van der Waals surface area contributed by atoms with E-state index >= 15 is 0 Å². The van der Waals surface area contributed by atoms with Crippen molar-refractivity contribution in [3.8, 4) is 0 Å². The lowest BCUT2D eigenvalue weighted by molar-refractivity contribution is -0.137. The zero-order valence-corrected chi connectivity index (χ0v) is 10.8. The highest BCUT2D eigenvalue weighted by molar-refractivity contribution is 5.75. The molecule has 0 spiro atoms. The van der Waals surface area contributed by atoms with E-state index in [1.54, 1.807) is 6.08 Å². The smallest absolute Gasteiger partial charge is 0.303 e. The number of aliphatic carboxylic acids is 1. The molecule has 0 saturated heterocycles. The number of nitrogens with one attached hydrogen (secondary N) is 1. The van der Waals surface area contributed by atoms with Gasteiger partial charge in [0.05, 0.1) is 0 Å². The zero-order valence-electron chi connectivity index (χ0n) is 10.8. The lowest BCUT2D eigenvalue weighted by Crippen LogP contribution is -2.28. The van der Waals surface area contributed by atoms with Crippen molar-refractivity contribution < 1.29 is 14.7 Å². The van der Waals surface area contributed by atoms with Crippen molar-refractivity contribution in [3.63, 3.8) is 0 Å². The quantitative estimate of drug-likeness (QED) is 0.609. The molecule has 0 bridgehead atoms. The fourth-order valence-electron chi connectivity index (χ4n) is 1.43. The van der Waals surface area contributed by atoms with Crippen LogP contribution in [0.5, 0.6) is 0 Å². The Bertz CT molecular complexity index is 272. The Morgan fingerprint density at radius 3 is 2.47 bits per heavy atom. The third-order valence-electron chi connectivity index (χ3n) is 2.72. The molecule has 0 fully saturated rings. The third-order valence-corrected chi connectivity index (χ3v) is 2.72. The summed E-state index contributed by atoms with van der Waals surface area (Å²) in [5.74, 6) is -0.743. The molecule has 0 heterocycles. The molecule has 0 radical (unpaired) electrons. The van der Waals surface area contributed by atoms with Crippen LogP contribution in [-0.2, 0) is 9.59 Å². The highest BCUT2D eigenvalue weighted by Gasteiger charge is 2.18. The van der Waals surface area contributed by atoms with Gasteiger partial charge in [0.15, 0.2) is 0 Å². The first-order chi connectivity index (χ1) is 7.87. The molecule has 0 aliphatic heterocycles. The largest absolute Gasteiger partial charge is 0.481 e. The van der Waals surface area contributed by atoms with Crippen molar-refractivity contribution in [1.29, 1.82) is 0 Å². The number of hydrogen-bond donors (Lipinski definition) is 2. The molecular weight excluding hydrogens is 218 g/mol. The summed E-state index contributed by atoms with van der Waals surface area (Å²) in [6.45, 7) is 8.20. The highest BCUT2D eigenvalue weighted by atomic mass is 16.4. The summed E-state index contributed by atoms with van der Waals surface area (Å²) < 4.78 is 0. The maximum Gasteiger partial charge on any atom is 0.303 e. The molecule has 0 aromatic carbocycles. The van der Waals surface area contributed by atoms with Crippen LogP contribution in [0.4, 0.5) is 0 Å². The molecule has 98 valence electrons. The standard InChI is InChI=1S/C13H23NO3/c1-4-5-6-11(15)14-10-9-13(2,3)8-7-12(16)17/h4H,1,5-10H2,2-3H3,(H,14,15)(H,16,17). The SMILES string of the molecule is C=CCCC(=O)NCCC(C)(C)CCC(=O)O. The summed E-state index contributed by atoms with van der Waals surface area (Å²) in [6, 6.07) is 0. The average Bonchev–Trinajstić information content (AvgIpc) is 2.23. The van der Waals surface area contributed by atoms with E-state index in [0.717, 1.165) is 6.42 Å². The molecule has 0 aromatic heterocycles. The second kappa shape index (κ2) is 7.87. The summed E-state index contributed by atoms with van der Waals surface area (Å²) in [5.41, 5.74) is -0.0515. The summed E-state index contributed by atoms with van der Waals surface area (Å²) in [6.07, 6.45) is 4.48. The Morgan fingerprint density at radius 2 is 1.94 bits per heavy atom. The van der Waals surface area contributed by atoms with E-state index in [1.165, 1.54) is 0 Å². The number of carbonyl (C=O) groups excluding carboxylic acids is 1. The summed E-state index contributed by atoms with van der Waals surface area (Å²) in [5, 5.41) is 11.4. The van der Waals surface area contributed by atoms with E-state index < -0.39 is 5.97 Å². The van der Waals surface area contributed by atoms with Crippen molar-refractivity contribution in [2.75, 3.05) is 6.54 Å². The van der Waals surface area contributed by atoms with Crippen LogP contribution in [0, 0.1) is 5.41 Å². The first-order valence-electron chi connectivity index (χ1n) is 5.97. The molecule has 0 atom stereocenters. The number of carboxylic acid groups (broad SMARTS) is 1. The molecule has 0 unspecified atom stereocenters. The first-order valence-corrected chi connectivity index (χ1v) is 5.97. The Balaban J connectivity index is 3.74. The molecule has 0 aliphatic carbocycles. The van der Waals surface area contributed by atoms with Crippen LogP contribution in [-0.4, -0.2) is 23.5 Å². The molecule has 2 N–H and O–H groups in total. The van der Waals surface area contributed by atoms with Crippen molar-refractivity contribution in [2.45, 2.75) is 46.0 Å². The van der Waals surface area contributed by atoms with Gasteiger partial charge in [-0.2, -0.15) is 0 Å². The van der Waals surface area contributed by atoms with Crippen molar-refractivity contribution in [1.82, 2.24) is 5.32 Å². The maximum absolute atomic E-state index is 11.3. The molecule has 4 heteroatoms. The minimum absolute atomic E-state index is 0.0268. The Hall–Kier alpha value is -1.32. The van der Waals surface area contributed by atoms with Gasteiger partial charge in [-0.25, -0.2) is 0 Å².